The van der Waals surface area contributed by atoms with Crippen LogP contribution in [-0.4, -0.2) is 23.3 Å². The molecule has 0 aliphatic rings. The second-order valence-electron chi connectivity index (χ2n) is 7.24. The van der Waals surface area contributed by atoms with Crippen molar-refractivity contribution in [2.45, 2.75) is 4.75 Å². The van der Waals surface area contributed by atoms with Crippen molar-refractivity contribution in [2.75, 3.05) is 17.6 Å². The molecule has 1 heterocycles. The third kappa shape index (κ3) is 5.51. The first-order chi connectivity index (χ1) is 15.7. The first kappa shape index (κ1) is 24.7. The fourth-order valence-corrected chi connectivity index (χ4v) is 5.27. The molecule has 0 unspecified atom stereocenters. The SMILES string of the molecule is O=C([O-])c1cccnc1NCCSC(c1ccccc1)(c1ccccc1)c1ccccc1.[Li+]. The molecule has 6 heteroatoms. The summed E-state index contributed by atoms with van der Waals surface area (Å²) in [5.74, 6) is -0.180. The molecule has 0 atom stereocenters. The molecule has 1 aromatic heterocycles. The number of aromatic carboxylic acids is 1. The number of hydrogen-bond donors (Lipinski definition) is 1. The number of carboxylic acid groups (broad SMARTS) is 1. The standard InChI is InChI=1S/C27H24N2O2S.Li/c30-26(31)24-17-10-18-28-25(24)29-19-20-32-27(21-11-4-1-5-12-21,22-13-6-2-7-14-22)23-15-8-3-9-16-23;/h1-18H,19-20H2,(H,28,29)(H,30,31);/q;+1/p-1. The summed E-state index contributed by atoms with van der Waals surface area (Å²) >= 11 is 1.81. The third-order valence-electron chi connectivity index (χ3n) is 5.28. The van der Waals surface area contributed by atoms with Crippen LogP contribution in [0, 0.1) is 0 Å². The summed E-state index contributed by atoms with van der Waals surface area (Å²) in [5, 5.41) is 14.5. The number of carbonyl (C=O) groups excluding carboxylic acids is 1. The van der Waals surface area contributed by atoms with Gasteiger partial charge in [-0.1, -0.05) is 91.0 Å². The van der Waals surface area contributed by atoms with E-state index in [4.69, 9.17) is 0 Å². The number of hydrogen-bond acceptors (Lipinski definition) is 5. The number of nitrogens with zero attached hydrogens (tertiary/aromatic N) is 1. The number of thioether (sulfide) groups is 1. The number of nitrogens with one attached hydrogen (secondary N) is 1. The maximum Gasteiger partial charge on any atom is 1.00 e. The van der Waals surface area contributed by atoms with Gasteiger partial charge in [0.25, 0.3) is 0 Å². The minimum absolute atomic E-state index is 0. The van der Waals surface area contributed by atoms with Crippen molar-refractivity contribution >= 4 is 23.5 Å². The van der Waals surface area contributed by atoms with E-state index in [0.717, 1.165) is 5.75 Å². The summed E-state index contributed by atoms with van der Waals surface area (Å²) in [7, 11) is 0. The average Bonchev–Trinajstić information content (AvgIpc) is 2.86. The van der Waals surface area contributed by atoms with Gasteiger partial charge < -0.3 is 15.2 Å². The van der Waals surface area contributed by atoms with Crippen LogP contribution in [-0.2, 0) is 4.75 Å². The normalized spacial score (nSPS) is 10.8. The Kier molecular flexibility index (Phi) is 8.79. The maximum absolute atomic E-state index is 11.4. The molecule has 0 aliphatic heterocycles. The summed E-state index contributed by atoms with van der Waals surface area (Å²) in [5.41, 5.74) is 3.64. The quantitative estimate of drug-likeness (QED) is 0.240. The Bertz CT molecular complexity index is 1060. The van der Waals surface area contributed by atoms with Crippen molar-refractivity contribution in [3.63, 3.8) is 0 Å². The molecule has 0 fully saturated rings. The molecule has 1 N–H and O–H groups in total. The molecule has 4 rings (SSSR count). The maximum atomic E-state index is 11.4. The van der Waals surface area contributed by atoms with E-state index in [1.807, 2.05) is 30.0 Å². The van der Waals surface area contributed by atoms with Crippen LogP contribution in [0.25, 0.3) is 0 Å². The van der Waals surface area contributed by atoms with Crippen molar-refractivity contribution in [1.82, 2.24) is 4.98 Å². The Labute approximate surface area is 210 Å². The number of aromatic nitrogens is 1. The van der Waals surface area contributed by atoms with Crippen LogP contribution in [0.2, 0.25) is 0 Å². The fourth-order valence-electron chi connectivity index (χ4n) is 3.85. The topological polar surface area (TPSA) is 65.0 Å². The van der Waals surface area contributed by atoms with E-state index in [1.54, 1.807) is 12.3 Å². The molecule has 3 aromatic carbocycles. The first-order valence-electron chi connectivity index (χ1n) is 10.4. The van der Waals surface area contributed by atoms with Crippen LogP contribution in [0.4, 0.5) is 5.82 Å². The van der Waals surface area contributed by atoms with Crippen LogP contribution >= 0.6 is 11.8 Å². The van der Waals surface area contributed by atoms with Gasteiger partial charge in [-0.25, -0.2) is 4.98 Å². The number of benzene rings is 3. The second-order valence-corrected chi connectivity index (χ2v) is 8.55. The number of pyridine rings is 1. The molecular weight excluding hydrogens is 423 g/mol. The van der Waals surface area contributed by atoms with Gasteiger partial charge in [0.05, 0.1) is 10.7 Å². The van der Waals surface area contributed by atoms with E-state index in [1.165, 1.54) is 22.8 Å². The van der Waals surface area contributed by atoms with E-state index in [0.29, 0.717) is 12.4 Å². The largest absolute Gasteiger partial charge is 1.00 e. The second kappa shape index (κ2) is 11.8. The minimum Gasteiger partial charge on any atom is -0.545 e. The van der Waals surface area contributed by atoms with E-state index in [2.05, 4.69) is 83.1 Å². The van der Waals surface area contributed by atoms with Gasteiger partial charge in [-0.2, -0.15) is 0 Å². The van der Waals surface area contributed by atoms with Crippen molar-refractivity contribution in [3.05, 3.63) is 132 Å². The zero-order valence-electron chi connectivity index (χ0n) is 18.5. The van der Waals surface area contributed by atoms with E-state index in [9.17, 15) is 9.90 Å². The smallest absolute Gasteiger partial charge is 0.545 e. The van der Waals surface area contributed by atoms with Crippen molar-refractivity contribution in [3.8, 4) is 0 Å². The number of carboxylic acids is 1. The van der Waals surface area contributed by atoms with Gasteiger partial charge in [0.1, 0.15) is 5.82 Å². The summed E-state index contributed by atoms with van der Waals surface area (Å²) in [4.78, 5) is 15.5. The van der Waals surface area contributed by atoms with E-state index in [-0.39, 0.29) is 24.4 Å². The molecular formula is C27H23LiN2O2S. The Hall–Kier alpha value is -2.97. The summed E-state index contributed by atoms with van der Waals surface area (Å²) in [6.45, 7) is 0.552. The van der Waals surface area contributed by atoms with Crippen molar-refractivity contribution < 1.29 is 28.8 Å². The fraction of sp³-hybridized carbons (Fsp3) is 0.111. The molecule has 0 spiro atoms. The zero-order valence-corrected chi connectivity index (χ0v) is 19.3. The van der Waals surface area contributed by atoms with Crippen molar-refractivity contribution in [1.29, 1.82) is 0 Å². The predicted octanol–water partition coefficient (Wildman–Crippen LogP) is 1.59. The van der Waals surface area contributed by atoms with Gasteiger partial charge >= 0.3 is 18.9 Å². The van der Waals surface area contributed by atoms with Gasteiger partial charge in [-0.05, 0) is 28.8 Å². The zero-order chi connectivity index (χ0) is 22.2. The Morgan fingerprint density at radius 3 is 1.73 bits per heavy atom. The van der Waals surface area contributed by atoms with Crippen LogP contribution in [0.5, 0.6) is 0 Å². The summed E-state index contributed by atoms with van der Waals surface area (Å²) in [6, 6.07) is 34.5. The van der Waals surface area contributed by atoms with E-state index < -0.39 is 10.7 Å². The van der Waals surface area contributed by atoms with E-state index >= 15 is 0 Å². The molecule has 4 aromatic rings. The molecule has 0 amide bonds. The molecule has 0 radical (unpaired) electrons. The first-order valence-corrected chi connectivity index (χ1v) is 11.4. The number of anilines is 1. The van der Waals surface area contributed by atoms with Gasteiger partial charge in [-0.3, -0.25) is 0 Å². The molecule has 4 nitrogen and oxygen atoms in total. The summed E-state index contributed by atoms with van der Waals surface area (Å²) in [6.07, 6.45) is 1.57. The van der Waals surface area contributed by atoms with Crippen LogP contribution in [0.15, 0.2) is 109 Å². The molecule has 0 bridgehead atoms. The molecule has 0 saturated carbocycles. The van der Waals surface area contributed by atoms with Crippen molar-refractivity contribution in [2.24, 2.45) is 0 Å². The summed E-state index contributed by atoms with van der Waals surface area (Å²) < 4.78 is -0.410. The van der Waals surface area contributed by atoms with Gasteiger partial charge in [0.2, 0.25) is 0 Å². The molecule has 0 saturated heterocycles. The number of rotatable bonds is 9. The molecule has 0 aliphatic carbocycles. The number of carbonyl (C=O) groups is 1. The van der Waals surface area contributed by atoms with Crippen LogP contribution < -0.4 is 29.3 Å². The Morgan fingerprint density at radius 2 is 1.27 bits per heavy atom. The average molecular weight is 447 g/mol. The minimum atomic E-state index is -1.24. The third-order valence-corrected chi connectivity index (χ3v) is 6.83. The monoisotopic (exact) mass is 446 g/mol. The Balaban J connectivity index is 0.00000306. The molecule has 33 heavy (non-hydrogen) atoms. The Morgan fingerprint density at radius 1 is 0.788 bits per heavy atom. The van der Waals surface area contributed by atoms with Crippen LogP contribution in [0.3, 0.4) is 0 Å². The van der Waals surface area contributed by atoms with Crippen LogP contribution in [0.1, 0.15) is 27.0 Å². The van der Waals surface area contributed by atoms with Gasteiger partial charge in [0, 0.05) is 24.1 Å². The van der Waals surface area contributed by atoms with Gasteiger partial charge in [-0.15, -0.1) is 11.8 Å². The molecule has 160 valence electrons. The predicted molar refractivity (Wildman–Crippen MR) is 129 cm³/mol. The van der Waals surface area contributed by atoms with Gasteiger partial charge in [0.15, 0.2) is 0 Å².